The fourth-order valence-corrected chi connectivity index (χ4v) is 1.99. The molecule has 1 radical (unpaired) electrons. The van der Waals surface area contributed by atoms with Crippen molar-refractivity contribution in [1.82, 2.24) is 0 Å². The minimum Gasteiger partial charge on any atom is -0.495 e. The SMILES string of the molecule is COc1[c]ccc(C)c1S(N)(=O)=O. The number of methoxy groups -OCH3 is 1. The lowest BCUT2D eigenvalue weighted by atomic mass is 10.2. The summed E-state index contributed by atoms with van der Waals surface area (Å²) in [6, 6.07) is 5.85. The zero-order valence-corrected chi connectivity index (χ0v) is 8.18. The molecule has 0 atom stereocenters. The summed E-state index contributed by atoms with van der Waals surface area (Å²) in [5, 5.41) is 5.01. The highest BCUT2D eigenvalue weighted by Crippen LogP contribution is 2.24. The Bertz CT molecular complexity index is 411. The number of hydrogen-bond donors (Lipinski definition) is 1. The molecular weight excluding hydrogens is 190 g/mol. The lowest BCUT2D eigenvalue weighted by molar-refractivity contribution is 0.401. The van der Waals surface area contributed by atoms with Gasteiger partial charge in [-0.25, -0.2) is 13.6 Å². The largest absolute Gasteiger partial charge is 0.495 e. The molecule has 0 aliphatic heterocycles. The van der Waals surface area contributed by atoms with E-state index in [2.05, 4.69) is 6.07 Å². The van der Waals surface area contributed by atoms with Gasteiger partial charge in [0.15, 0.2) is 0 Å². The van der Waals surface area contributed by atoms with Gasteiger partial charge in [0.05, 0.1) is 7.11 Å². The van der Waals surface area contributed by atoms with Crippen molar-refractivity contribution in [2.24, 2.45) is 5.14 Å². The van der Waals surface area contributed by atoms with E-state index in [1.807, 2.05) is 0 Å². The highest BCUT2D eigenvalue weighted by atomic mass is 32.2. The Labute approximate surface area is 77.4 Å². The Morgan fingerprint density at radius 3 is 2.54 bits per heavy atom. The second-order valence-corrected chi connectivity index (χ2v) is 4.07. The first-order chi connectivity index (χ1) is 5.96. The molecular formula is C8H10NO3S. The van der Waals surface area contributed by atoms with Crippen molar-refractivity contribution in [3.63, 3.8) is 0 Å². The Morgan fingerprint density at radius 2 is 2.15 bits per heavy atom. The minimum absolute atomic E-state index is 0.00231. The summed E-state index contributed by atoms with van der Waals surface area (Å²) in [6.45, 7) is 1.65. The van der Waals surface area contributed by atoms with Gasteiger partial charge >= 0.3 is 0 Å². The van der Waals surface area contributed by atoms with Crippen LogP contribution in [0.4, 0.5) is 0 Å². The molecule has 71 valence electrons. The zero-order chi connectivity index (χ0) is 10.1. The molecule has 0 saturated carbocycles. The topological polar surface area (TPSA) is 69.4 Å². The number of aryl methyl sites for hydroxylation is 1. The quantitative estimate of drug-likeness (QED) is 0.753. The van der Waals surface area contributed by atoms with Gasteiger partial charge in [-0.1, -0.05) is 12.1 Å². The van der Waals surface area contributed by atoms with Crippen LogP contribution in [-0.2, 0) is 10.0 Å². The van der Waals surface area contributed by atoms with Crippen LogP contribution in [0.5, 0.6) is 5.75 Å². The van der Waals surface area contributed by atoms with Gasteiger partial charge in [-0.3, -0.25) is 0 Å². The minimum atomic E-state index is -3.73. The number of primary sulfonamides is 1. The van der Waals surface area contributed by atoms with Crippen molar-refractivity contribution >= 4 is 10.0 Å². The molecule has 0 aromatic heterocycles. The van der Waals surface area contributed by atoms with Gasteiger partial charge in [0.2, 0.25) is 10.0 Å². The zero-order valence-electron chi connectivity index (χ0n) is 7.37. The van der Waals surface area contributed by atoms with E-state index in [1.54, 1.807) is 19.1 Å². The van der Waals surface area contributed by atoms with Crippen molar-refractivity contribution in [2.75, 3.05) is 7.11 Å². The average molecular weight is 200 g/mol. The molecule has 0 bridgehead atoms. The van der Waals surface area contributed by atoms with Crippen LogP contribution in [0.1, 0.15) is 5.56 Å². The molecule has 0 saturated heterocycles. The van der Waals surface area contributed by atoms with Gasteiger partial charge in [-0.2, -0.15) is 0 Å². The summed E-state index contributed by atoms with van der Waals surface area (Å²) in [4.78, 5) is -0.00231. The monoisotopic (exact) mass is 200 g/mol. The number of nitrogens with two attached hydrogens (primary N) is 1. The molecule has 1 rings (SSSR count). The van der Waals surface area contributed by atoms with Gasteiger partial charge < -0.3 is 4.74 Å². The molecule has 1 aromatic carbocycles. The smallest absolute Gasteiger partial charge is 0.242 e. The number of sulfonamides is 1. The predicted molar refractivity (Wildman–Crippen MR) is 47.9 cm³/mol. The number of ether oxygens (including phenoxy) is 1. The van der Waals surface area contributed by atoms with Crippen LogP contribution >= 0.6 is 0 Å². The highest BCUT2D eigenvalue weighted by Gasteiger charge is 2.17. The summed E-state index contributed by atoms with van der Waals surface area (Å²) in [5.74, 6) is 0.155. The van der Waals surface area contributed by atoms with E-state index in [0.717, 1.165) is 0 Å². The number of rotatable bonds is 2. The van der Waals surface area contributed by atoms with Crippen molar-refractivity contribution in [1.29, 1.82) is 0 Å². The molecule has 0 unspecified atom stereocenters. The van der Waals surface area contributed by atoms with Crippen molar-refractivity contribution < 1.29 is 13.2 Å². The molecule has 5 heteroatoms. The maximum Gasteiger partial charge on any atom is 0.242 e. The fraction of sp³-hybridized carbons (Fsp3) is 0.250. The van der Waals surface area contributed by atoms with E-state index in [1.165, 1.54) is 7.11 Å². The normalized spacial score (nSPS) is 11.3. The van der Waals surface area contributed by atoms with Crippen molar-refractivity contribution in [3.05, 3.63) is 23.8 Å². The number of hydrogen-bond acceptors (Lipinski definition) is 3. The average Bonchev–Trinajstić information content (AvgIpc) is 2.01. The molecule has 0 aliphatic carbocycles. The van der Waals surface area contributed by atoms with Gasteiger partial charge in [-0.05, 0) is 12.5 Å². The van der Waals surface area contributed by atoms with Crippen LogP contribution in [0.2, 0.25) is 0 Å². The van der Waals surface area contributed by atoms with Crippen LogP contribution in [-0.4, -0.2) is 15.5 Å². The van der Waals surface area contributed by atoms with E-state index < -0.39 is 10.0 Å². The first kappa shape index (κ1) is 10.0. The summed E-state index contributed by atoms with van der Waals surface area (Å²) in [5.41, 5.74) is 0.554. The van der Waals surface area contributed by atoms with Crippen molar-refractivity contribution in [2.45, 2.75) is 11.8 Å². The summed E-state index contributed by atoms with van der Waals surface area (Å²) < 4.78 is 27.1. The predicted octanol–water partition coefficient (Wildman–Crippen LogP) is 0.451. The molecule has 0 spiro atoms. The molecule has 0 heterocycles. The Balaban J connectivity index is 3.50. The third kappa shape index (κ3) is 1.99. The van der Waals surface area contributed by atoms with Crippen LogP contribution < -0.4 is 9.88 Å². The molecule has 0 fully saturated rings. The van der Waals surface area contributed by atoms with E-state index in [-0.39, 0.29) is 10.6 Å². The van der Waals surface area contributed by atoms with Gasteiger partial charge in [0.25, 0.3) is 0 Å². The fourth-order valence-electron chi connectivity index (χ4n) is 1.07. The molecule has 0 aliphatic rings. The molecule has 1 aromatic rings. The summed E-state index contributed by atoms with van der Waals surface area (Å²) in [6.07, 6.45) is 0. The van der Waals surface area contributed by atoms with Gasteiger partial charge in [0.1, 0.15) is 10.6 Å². The molecule has 13 heavy (non-hydrogen) atoms. The first-order valence-electron chi connectivity index (χ1n) is 3.55. The molecule has 4 nitrogen and oxygen atoms in total. The van der Waals surface area contributed by atoms with Crippen LogP contribution in [0.3, 0.4) is 0 Å². The standard InChI is InChI=1S/C8H10NO3S/c1-6-4-3-5-7(12-2)8(6)13(9,10)11/h3-4H,1-2H3,(H2,9,10,11). The lowest BCUT2D eigenvalue weighted by Crippen LogP contribution is -2.14. The maximum absolute atomic E-state index is 11.1. The van der Waals surface area contributed by atoms with Gasteiger partial charge in [-0.15, -0.1) is 0 Å². The van der Waals surface area contributed by atoms with Crippen molar-refractivity contribution in [3.8, 4) is 5.75 Å². The van der Waals surface area contributed by atoms with Crippen LogP contribution in [0.25, 0.3) is 0 Å². The maximum atomic E-state index is 11.1. The Kier molecular flexibility index (Phi) is 2.58. The van der Waals surface area contributed by atoms with E-state index in [4.69, 9.17) is 9.88 Å². The first-order valence-corrected chi connectivity index (χ1v) is 5.09. The number of benzene rings is 1. The van der Waals surface area contributed by atoms with Gasteiger partial charge in [0, 0.05) is 6.07 Å². The van der Waals surface area contributed by atoms with E-state index in [0.29, 0.717) is 5.56 Å². The van der Waals surface area contributed by atoms with Crippen LogP contribution in [0, 0.1) is 13.0 Å². The third-order valence-electron chi connectivity index (χ3n) is 1.60. The third-order valence-corrected chi connectivity index (χ3v) is 2.68. The van der Waals surface area contributed by atoms with Crippen LogP contribution in [0.15, 0.2) is 17.0 Å². The van der Waals surface area contributed by atoms with E-state index >= 15 is 0 Å². The second kappa shape index (κ2) is 3.35. The lowest BCUT2D eigenvalue weighted by Gasteiger charge is -2.07. The summed E-state index contributed by atoms with van der Waals surface area (Å²) >= 11 is 0. The second-order valence-electron chi connectivity index (χ2n) is 2.57. The Hall–Kier alpha value is -1.07. The highest BCUT2D eigenvalue weighted by molar-refractivity contribution is 7.89. The molecule has 0 amide bonds. The summed E-state index contributed by atoms with van der Waals surface area (Å²) in [7, 11) is -2.36. The van der Waals surface area contributed by atoms with E-state index in [9.17, 15) is 8.42 Å². The Morgan fingerprint density at radius 1 is 1.54 bits per heavy atom. The molecule has 2 N–H and O–H groups in total.